The number of carbonyl (C=O) groups is 1. The molecule has 152 valence electrons. The Morgan fingerprint density at radius 2 is 2.00 bits per heavy atom. The molecule has 0 atom stereocenters. The largest absolute Gasteiger partial charge is 0.348 e. The molecule has 0 radical (unpaired) electrons. The van der Waals surface area contributed by atoms with Crippen molar-refractivity contribution in [1.82, 2.24) is 29.6 Å². The predicted molar refractivity (Wildman–Crippen MR) is 102 cm³/mol. The van der Waals surface area contributed by atoms with Gasteiger partial charge in [0.1, 0.15) is 12.0 Å². The minimum atomic E-state index is -2.73. The van der Waals surface area contributed by atoms with Gasteiger partial charge >= 0.3 is 6.55 Å². The summed E-state index contributed by atoms with van der Waals surface area (Å²) in [4.78, 5) is 20.6. The fourth-order valence-electron chi connectivity index (χ4n) is 3.87. The Labute approximate surface area is 166 Å². The SMILES string of the molecule is Cc1ccc(C(=O)NC2CCC(n3cc(-c4ccncn4)cn3)CC2)n1C(F)F. The van der Waals surface area contributed by atoms with Crippen LogP contribution < -0.4 is 5.32 Å². The van der Waals surface area contributed by atoms with E-state index in [1.54, 1.807) is 19.3 Å². The summed E-state index contributed by atoms with van der Waals surface area (Å²) in [6, 6.07) is 5.03. The maximum Gasteiger partial charge on any atom is 0.319 e. The number of nitrogens with one attached hydrogen (secondary N) is 1. The average molecular weight is 400 g/mol. The van der Waals surface area contributed by atoms with Crippen LogP contribution in [0.15, 0.2) is 43.1 Å². The maximum atomic E-state index is 13.2. The van der Waals surface area contributed by atoms with Crippen LogP contribution in [-0.4, -0.2) is 36.3 Å². The second-order valence-electron chi connectivity index (χ2n) is 7.29. The van der Waals surface area contributed by atoms with Crippen molar-refractivity contribution in [3.8, 4) is 11.3 Å². The van der Waals surface area contributed by atoms with Gasteiger partial charge in [0, 0.05) is 29.7 Å². The van der Waals surface area contributed by atoms with Crippen LogP contribution in [0.25, 0.3) is 11.3 Å². The molecule has 0 unspecified atom stereocenters. The Kier molecular flexibility index (Phi) is 5.37. The quantitative estimate of drug-likeness (QED) is 0.707. The number of hydrogen-bond donors (Lipinski definition) is 1. The standard InChI is InChI=1S/C20H22F2N6O/c1-13-2-7-18(28(13)20(21)22)19(29)26-15-3-5-16(6-4-15)27-11-14(10-25-27)17-8-9-23-12-24-17/h2,7-12,15-16,20H,3-6H2,1H3,(H,26,29). The minimum Gasteiger partial charge on any atom is -0.348 e. The van der Waals surface area contributed by atoms with Gasteiger partial charge in [-0.05, 0) is 50.8 Å². The molecule has 3 heterocycles. The smallest absolute Gasteiger partial charge is 0.319 e. The lowest BCUT2D eigenvalue weighted by Crippen LogP contribution is -2.39. The highest BCUT2D eigenvalue weighted by Gasteiger charge is 2.26. The van der Waals surface area contributed by atoms with Gasteiger partial charge in [-0.1, -0.05) is 0 Å². The van der Waals surface area contributed by atoms with E-state index < -0.39 is 12.5 Å². The monoisotopic (exact) mass is 400 g/mol. The van der Waals surface area contributed by atoms with E-state index in [1.165, 1.54) is 18.5 Å². The highest BCUT2D eigenvalue weighted by atomic mass is 19.3. The summed E-state index contributed by atoms with van der Waals surface area (Å²) in [7, 11) is 0. The summed E-state index contributed by atoms with van der Waals surface area (Å²) in [6.07, 6.45) is 10.2. The van der Waals surface area contributed by atoms with Crippen molar-refractivity contribution in [2.24, 2.45) is 0 Å². The zero-order valence-corrected chi connectivity index (χ0v) is 16.0. The molecule has 1 fully saturated rings. The lowest BCUT2D eigenvalue weighted by atomic mass is 9.91. The van der Waals surface area contributed by atoms with Crippen molar-refractivity contribution in [1.29, 1.82) is 0 Å². The third-order valence-electron chi connectivity index (χ3n) is 5.44. The molecule has 1 N–H and O–H groups in total. The Balaban J connectivity index is 1.35. The number of rotatable bonds is 5. The van der Waals surface area contributed by atoms with Crippen LogP contribution in [0.2, 0.25) is 0 Å². The summed E-state index contributed by atoms with van der Waals surface area (Å²) < 4.78 is 29.1. The molecule has 9 heteroatoms. The first kappa shape index (κ1) is 19.2. The molecule has 0 bridgehead atoms. The van der Waals surface area contributed by atoms with Crippen molar-refractivity contribution in [2.45, 2.75) is 51.2 Å². The first-order valence-corrected chi connectivity index (χ1v) is 9.60. The lowest BCUT2D eigenvalue weighted by molar-refractivity contribution is 0.0611. The molecular formula is C20H22F2N6O. The van der Waals surface area contributed by atoms with Gasteiger partial charge in [-0.25, -0.2) is 9.97 Å². The van der Waals surface area contributed by atoms with E-state index in [0.717, 1.165) is 41.5 Å². The third kappa shape index (κ3) is 4.03. The number of hydrogen-bond acceptors (Lipinski definition) is 4. The Morgan fingerprint density at radius 1 is 1.21 bits per heavy atom. The Bertz CT molecular complexity index is 976. The second kappa shape index (κ2) is 8.10. The number of aryl methyl sites for hydroxylation is 1. The molecule has 1 amide bonds. The highest BCUT2D eigenvalue weighted by molar-refractivity contribution is 5.93. The minimum absolute atomic E-state index is 0.00110. The molecule has 0 spiro atoms. The molecule has 3 aromatic rings. The van der Waals surface area contributed by atoms with Gasteiger partial charge in [-0.2, -0.15) is 13.9 Å². The average Bonchev–Trinajstić information content (AvgIpc) is 3.36. The summed E-state index contributed by atoms with van der Waals surface area (Å²) in [5.41, 5.74) is 2.13. The van der Waals surface area contributed by atoms with Gasteiger partial charge in [0.25, 0.3) is 5.91 Å². The number of aromatic nitrogens is 5. The zero-order chi connectivity index (χ0) is 20.4. The van der Waals surface area contributed by atoms with Crippen LogP contribution in [0.3, 0.4) is 0 Å². The molecule has 1 aliphatic rings. The molecular weight excluding hydrogens is 378 g/mol. The number of amides is 1. The number of nitrogens with zero attached hydrogens (tertiary/aromatic N) is 5. The van der Waals surface area contributed by atoms with Crippen molar-refractivity contribution in [3.63, 3.8) is 0 Å². The third-order valence-corrected chi connectivity index (χ3v) is 5.44. The Hall–Kier alpha value is -3.10. The molecule has 4 rings (SSSR count). The van der Waals surface area contributed by atoms with E-state index in [9.17, 15) is 13.6 Å². The van der Waals surface area contributed by atoms with E-state index in [-0.39, 0.29) is 17.8 Å². The molecule has 1 aliphatic carbocycles. The van der Waals surface area contributed by atoms with Crippen molar-refractivity contribution < 1.29 is 13.6 Å². The van der Waals surface area contributed by atoms with Gasteiger partial charge in [0.05, 0.1) is 17.9 Å². The van der Waals surface area contributed by atoms with Crippen LogP contribution >= 0.6 is 0 Å². The summed E-state index contributed by atoms with van der Waals surface area (Å²) in [5, 5.41) is 7.37. The van der Waals surface area contributed by atoms with Crippen LogP contribution in [0.5, 0.6) is 0 Å². The lowest BCUT2D eigenvalue weighted by Gasteiger charge is -2.29. The van der Waals surface area contributed by atoms with E-state index in [1.807, 2.05) is 16.9 Å². The van der Waals surface area contributed by atoms with Gasteiger partial charge in [0.2, 0.25) is 0 Å². The number of carbonyl (C=O) groups excluding carboxylic acids is 1. The van der Waals surface area contributed by atoms with Gasteiger partial charge < -0.3 is 5.32 Å². The number of alkyl halides is 2. The molecule has 0 aliphatic heterocycles. The summed E-state index contributed by atoms with van der Waals surface area (Å²) in [5.74, 6) is -0.452. The first-order valence-electron chi connectivity index (χ1n) is 9.60. The molecule has 3 aromatic heterocycles. The van der Waals surface area contributed by atoms with Crippen LogP contribution in [0.1, 0.15) is 54.5 Å². The highest BCUT2D eigenvalue weighted by Crippen LogP contribution is 2.30. The Morgan fingerprint density at radius 3 is 2.69 bits per heavy atom. The predicted octanol–water partition coefficient (Wildman–Crippen LogP) is 3.76. The summed E-state index contributed by atoms with van der Waals surface area (Å²) in [6.45, 7) is -1.17. The first-order chi connectivity index (χ1) is 14.0. The van der Waals surface area contributed by atoms with Crippen molar-refractivity contribution in [3.05, 3.63) is 54.5 Å². The molecule has 7 nitrogen and oxygen atoms in total. The van der Waals surface area contributed by atoms with Gasteiger partial charge in [-0.3, -0.25) is 14.0 Å². The number of halogens is 2. The molecule has 1 saturated carbocycles. The van der Waals surface area contributed by atoms with Crippen molar-refractivity contribution in [2.75, 3.05) is 0 Å². The fourth-order valence-corrected chi connectivity index (χ4v) is 3.87. The zero-order valence-electron chi connectivity index (χ0n) is 16.0. The van der Waals surface area contributed by atoms with E-state index >= 15 is 0 Å². The van der Waals surface area contributed by atoms with Crippen LogP contribution in [-0.2, 0) is 0 Å². The van der Waals surface area contributed by atoms with Crippen LogP contribution in [0.4, 0.5) is 8.78 Å². The fraction of sp³-hybridized carbons (Fsp3) is 0.400. The molecule has 0 saturated heterocycles. The van der Waals surface area contributed by atoms with E-state index in [2.05, 4.69) is 20.4 Å². The topological polar surface area (TPSA) is 77.6 Å². The summed E-state index contributed by atoms with van der Waals surface area (Å²) >= 11 is 0. The normalized spacial score (nSPS) is 19.4. The van der Waals surface area contributed by atoms with Gasteiger partial charge in [0.15, 0.2) is 0 Å². The van der Waals surface area contributed by atoms with Crippen molar-refractivity contribution >= 4 is 5.91 Å². The molecule has 0 aromatic carbocycles. The van der Waals surface area contributed by atoms with E-state index in [4.69, 9.17) is 0 Å². The maximum absolute atomic E-state index is 13.2. The van der Waals surface area contributed by atoms with Gasteiger partial charge in [-0.15, -0.1) is 0 Å². The van der Waals surface area contributed by atoms with E-state index in [0.29, 0.717) is 5.69 Å². The van der Waals surface area contributed by atoms with Crippen LogP contribution in [0, 0.1) is 6.92 Å². The second-order valence-corrected chi connectivity index (χ2v) is 7.29. The molecule has 29 heavy (non-hydrogen) atoms.